The Hall–Kier alpha value is -0.120. The molecule has 0 bridgehead atoms. The third kappa shape index (κ3) is 3.19. The van der Waals surface area contributed by atoms with Gasteiger partial charge in [-0.3, -0.25) is 4.90 Å². The third-order valence-electron chi connectivity index (χ3n) is 4.37. The summed E-state index contributed by atoms with van der Waals surface area (Å²) in [5.41, 5.74) is 0.658. The van der Waals surface area contributed by atoms with Crippen LogP contribution in [0.4, 0.5) is 0 Å². The number of hydrogen-bond acceptors (Lipinski definition) is 3. The lowest BCUT2D eigenvalue weighted by Gasteiger charge is -2.41. The van der Waals surface area contributed by atoms with Gasteiger partial charge in [-0.25, -0.2) is 0 Å². The molecule has 16 heavy (non-hydrogen) atoms. The van der Waals surface area contributed by atoms with Crippen molar-refractivity contribution >= 4 is 0 Å². The maximum absolute atomic E-state index is 5.34. The van der Waals surface area contributed by atoms with Gasteiger partial charge in [0.25, 0.3) is 0 Å². The standard InChI is InChI=1S/C13H26N2O/c1-2-13(4-3-5-13)12-14-6-7-15-8-10-16-11-9-15/h14H,2-12H2,1H3. The van der Waals surface area contributed by atoms with Gasteiger partial charge in [-0.1, -0.05) is 13.3 Å². The Bertz CT molecular complexity index is 193. The number of nitrogens with one attached hydrogen (secondary N) is 1. The van der Waals surface area contributed by atoms with E-state index < -0.39 is 0 Å². The molecule has 1 heterocycles. The van der Waals surface area contributed by atoms with E-state index in [0.29, 0.717) is 5.41 Å². The maximum Gasteiger partial charge on any atom is 0.0594 e. The van der Waals surface area contributed by atoms with Crippen LogP contribution < -0.4 is 5.32 Å². The van der Waals surface area contributed by atoms with Crippen molar-refractivity contribution in [3.8, 4) is 0 Å². The first-order chi connectivity index (χ1) is 7.85. The fourth-order valence-electron chi connectivity index (χ4n) is 2.75. The minimum Gasteiger partial charge on any atom is -0.379 e. The van der Waals surface area contributed by atoms with E-state index in [0.717, 1.165) is 32.8 Å². The number of morpholine rings is 1. The summed E-state index contributed by atoms with van der Waals surface area (Å²) in [6.07, 6.45) is 5.67. The van der Waals surface area contributed by atoms with Gasteiger partial charge in [0.1, 0.15) is 0 Å². The first-order valence-corrected chi connectivity index (χ1v) is 6.85. The molecule has 1 aliphatic heterocycles. The van der Waals surface area contributed by atoms with Crippen molar-refractivity contribution in [1.29, 1.82) is 0 Å². The van der Waals surface area contributed by atoms with E-state index in [1.807, 2.05) is 0 Å². The SMILES string of the molecule is CCC1(CNCCN2CCOCC2)CCC1. The van der Waals surface area contributed by atoms with Crippen molar-refractivity contribution in [2.75, 3.05) is 45.9 Å². The fraction of sp³-hybridized carbons (Fsp3) is 1.00. The summed E-state index contributed by atoms with van der Waals surface area (Å²) < 4.78 is 5.34. The van der Waals surface area contributed by atoms with E-state index >= 15 is 0 Å². The molecular formula is C13H26N2O. The predicted octanol–water partition coefficient (Wildman–Crippen LogP) is 1.49. The summed E-state index contributed by atoms with van der Waals surface area (Å²) in [4.78, 5) is 2.50. The van der Waals surface area contributed by atoms with Crippen LogP contribution in [-0.4, -0.2) is 50.8 Å². The van der Waals surface area contributed by atoms with Gasteiger partial charge in [0, 0.05) is 32.7 Å². The van der Waals surface area contributed by atoms with E-state index in [1.165, 1.54) is 38.8 Å². The molecule has 0 atom stereocenters. The summed E-state index contributed by atoms with van der Waals surface area (Å²) >= 11 is 0. The lowest BCUT2D eigenvalue weighted by Crippen LogP contribution is -2.44. The van der Waals surface area contributed by atoms with Crippen molar-refractivity contribution in [3.05, 3.63) is 0 Å². The van der Waals surface area contributed by atoms with Crippen molar-refractivity contribution < 1.29 is 4.74 Å². The minimum absolute atomic E-state index is 0.658. The van der Waals surface area contributed by atoms with Crippen LogP contribution in [0.25, 0.3) is 0 Å². The molecule has 0 spiro atoms. The van der Waals surface area contributed by atoms with Gasteiger partial charge in [0.05, 0.1) is 13.2 Å². The van der Waals surface area contributed by atoms with Crippen LogP contribution in [0, 0.1) is 5.41 Å². The van der Waals surface area contributed by atoms with E-state index in [2.05, 4.69) is 17.1 Å². The second-order valence-electron chi connectivity index (χ2n) is 5.34. The molecule has 0 amide bonds. The van der Waals surface area contributed by atoms with Gasteiger partial charge in [-0.05, 0) is 24.7 Å². The first-order valence-electron chi connectivity index (χ1n) is 6.85. The number of rotatable bonds is 6. The molecule has 2 rings (SSSR count). The maximum atomic E-state index is 5.34. The molecule has 0 radical (unpaired) electrons. The zero-order chi connectivity index (χ0) is 11.3. The third-order valence-corrected chi connectivity index (χ3v) is 4.37. The second-order valence-corrected chi connectivity index (χ2v) is 5.34. The van der Waals surface area contributed by atoms with Gasteiger partial charge >= 0.3 is 0 Å². The largest absolute Gasteiger partial charge is 0.379 e. The van der Waals surface area contributed by atoms with Crippen molar-refractivity contribution in [3.63, 3.8) is 0 Å². The molecule has 0 aromatic heterocycles. The second kappa shape index (κ2) is 5.99. The van der Waals surface area contributed by atoms with Crippen molar-refractivity contribution in [2.45, 2.75) is 32.6 Å². The summed E-state index contributed by atoms with van der Waals surface area (Å²) in [6, 6.07) is 0. The van der Waals surface area contributed by atoms with Gasteiger partial charge in [-0.15, -0.1) is 0 Å². The molecule has 1 saturated carbocycles. The van der Waals surface area contributed by atoms with Gasteiger partial charge in [0.15, 0.2) is 0 Å². The molecule has 3 nitrogen and oxygen atoms in total. The van der Waals surface area contributed by atoms with Gasteiger partial charge in [0.2, 0.25) is 0 Å². The Balaban J connectivity index is 1.54. The predicted molar refractivity (Wildman–Crippen MR) is 66.7 cm³/mol. The highest BCUT2D eigenvalue weighted by molar-refractivity contribution is 4.88. The highest BCUT2D eigenvalue weighted by Crippen LogP contribution is 2.42. The first kappa shape index (κ1) is 12.3. The quantitative estimate of drug-likeness (QED) is 0.695. The highest BCUT2D eigenvalue weighted by Gasteiger charge is 2.34. The molecule has 0 aromatic rings. The van der Waals surface area contributed by atoms with Crippen LogP contribution in [0.1, 0.15) is 32.6 Å². The summed E-state index contributed by atoms with van der Waals surface area (Å²) in [6.45, 7) is 9.94. The molecule has 94 valence electrons. The number of hydrogen-bond donors (Lipinski definition) is 1. The van der Waals surface area contributed by atoms with E-state index in [9.17, 15) is 0 Å². The molecule has 2 fully saturated rings. The molecule has 2 aliphatic rings. The van der Waals surface area contributed by atoms with Crippen LogP contribution >= 0.6 is 0 Å². The van der Waals surface area contributed by atoms with Gasteiger partial charge in [-0.2, -0.15) is 0 Å². The van der Waals surface area contributed by atoms with Gasteiger partial charge < -0.3 is 10.1 Å². The summed E-state index contributed by atoms with van der Waals surface area (Å²) in [5, 5.41) is 3.64. The Morgan fingerprint density at radius 2 is 2.00 bits per heavy atom. The van der Waals surface area contributed by atoms with Crippen LogP contribution in [0.2, 0.25) is 0 Å². The Labute approximate surface area is 99.5 Å². The lowest BCUT2D eigenvalue weighted by molar-refractivity contribution is 0.0374. The van der Waals surface area contributed by atoms with E-state index in [4.69, 9.17) is 4.74 Å². The number of ether oxygens (including phenoxy) is 1. The molecular weight excluding hydrogens is 200 g/mol. The van der Waals surface area contributed by atoms with Crippen molar-refractivity contribution in [1.82, 2.24) is 10.2 Å². The Morgan fingerprint density at radius 3 is 2.56 bits per heavy atom. The summed E-state index contributed by atoms with van der Waals surface area (Å²) in [7, 11) is 0. The average molecular weight is 226 g/mol. The zero-order valence-corrected chi connectivity index (χ0v) is 10.6. The van der Waals surface area contributed by atoms with Crippen LogP contribution in [-0.2, 0) is 4.74 Å². The van der Waals surface area contributed by atoms with Crippen molar-refractivity contribution in [2.24, 2.45) is 5.41 Å². The Kier molecular flexibility index (Phi) is 4.62. The zero-order valence-electron chi connectivity index (χ0n) is 10.6. The minimum atomic E-state index is 0.658. The number of nitrogens with zero attached hydrogens (tertiary/aromatic N) is 1. The monoisotopic (exact) mass is 226 g/mol. The molecule has 1 saturated heterocycles. The molecule has 0 unspecified atom stereocenters. The molecule has 0 aromatic carbocycles. The fourth-order valence-corrected chi connectivity index (χ4v) is 2.75. The van der Waals surface area contributed by atoms with Crippen LogP contribution in [0.3, 0.4) is 0 Å². The molecule has 1 N–H and O–H groups in total. The summed E-state index contributed by atoms with van der Waals surface area (Å²) in [5.74, 6) is 0. The van der Waals surface area contributed by atoms with E-state index in [-0.39, 0.29) is 0 Å². The smallest absolute Gasteiger partial charge is 0.0594 e. The average Bonchev–Trinajstić information content (AvgIpc) is 2.29. The van der Waals surface area contributed by atoms with Crippen LogP contribution in [0.15, 0.2) is 0 Å². The lowest BCUT2D eigenvalue weighted by atomic mass is 9.67. The normalized spacial score (nSPS) is 25.3. The Morgan fingerprint density at radius 1 is 1.25 bits per heavy atom. The van der Waals surface area contributed by atoms with Crippen LogP contribution in [0.5, 0.6) is 0 Å². The van der Waals surface area contributed by atoms with E-state index in [1.54, 1.807) is 0 Å². The topological polar surface area (TPSA) is 24.5 Å². The highest BCUT2D eigenvalue weighted by atomic mass is 16.5. The molecule has 1 aliphatic carbocycles. The molecule has 3 heteroatoms.